The van der Waals surface area contributed by atoms with E-state index in [1.165, 1.54) is 231 Å². The zero-order chi connectivity index (χ0) is 46.8. The fourth-order valence-corrected chi connectivity index (χ4v) is 9.82. The summed E-state index contributed by atoms with van der Waals surface area (Å²) in [5.41, 5.74) is 0. The van der Waals surface area contributed by atoms with Gasteiger partial charge in [-0.05, 0) is 25.7 Å². The Kier molecular flexibility index (Phi) is 51.9. The van der Waals surface area contributed by atoms with Crippen LogP contribution in [0.2, 0.25) is 0 Å². The molecular formula is C58H120N2O4. The highest BCUT2D eigenvalue weighted by atomic mass is 16.3. The van der Waals surface area contributed by atoms with Crippen LogP contribution >= 0.6 is 0 Å². The lowest BCUT2D eigenvalue weighted by Gasteiger charge is -2.32. The molecular weight excluding hydrogens is 789 g/mol. The van der Waals surface area contributed by atoms with Crippen LogP contribution in [0.3, 0.4) is 0 Å². The van der Waals surface area contributed by atoms with Gasteiger partial charge in [-0.2, -0.15) is 0 Å². The van der Waals surface area contributed by atoms with Gasteiger partial charge in [0.25, 0.3) is 0 Å². The molecule has 0 aromatic heterocycles. The number of unbranched alkanes of at least 4 members (excludes halogenated alkanes) is 36. The van der Waals surface area contributed by atoms with Gasteiger partial charge in [0, 0.05) is 39.3 Å². The highest BCUT2D eigenvalue weighted by Crippen LogP contribution is 2.18. The third-order valence-corrected chi connectivity index (χ3v) is 14.2. The second-order valence-corrected chi connectivity index (χ2v) is 21.0. The molecule has 4 atom stereocenters. The van der Waals surface area contributed by atoms with E-state index < -0.39 is 24.4 Å². The van der Waals surface area contributed by atoms with Crippen LogP contribution in [0.15, 0.2) is 0 Å². The monoisotopic (exact) mass is 909 g/mol. The van der Waals surface area contributed by atoms with Crippen molar-refractivity contribution in [1.82, 2.24) is 9.80 Å². The topological polar surface area (TPSA) is 87.4 Å². The van der Waals surface area contributed by atoms with Gasteiger partial charge in [-0.3, -0.25) is 9.80 Å². The van der Waals surface area contributed by atoms with Crippen LogP contribution in [-0.4, -0.2) is 93.9 Å². The zero-order valence-corrected chi connectivity index (χ0v) is 44.3. The Bertz CT molecular complexity index is 730. The van der Waals surface area contributed by atoms with E-state index in [1.807, 2.05) is 0 Å². The zero-order valence-electron chi connectivity index (χ0n) is 44.3. The molecule has 0 aliphatic carbocycles. The molecule has 0 aliphatic heterocycles. The molecule has 0 rings (SSSR count). The van der Waals surface area contributed by atoms with Crippen molar-refractivity contribution in [3.8, 4) is 0 Å². The fraction of sp³-hybridized carbons (Fsp3) is 1.00. The first-order valence-corrected chi connectivity index (χ1v) is 29.5. The number of nitrogens with zero attached hydrogens (tertiary/aromatic N) is 2. The van der Waals surface area contributed by atoms with Crippen molar-refractivity contribution in [3.63, 3.8) is 0 Å². The van der Waals surface area contributed by atoms with E-state index in [1.54, 1.807) is 0 Å². The molecule has 0 bridgehead atoms. The predicted octanol–water partition coefficient (Wildman–Crippen LogP) is 16.3. The Morgan fingerprint density at radius 1 is 0.219 bits per heavy atom. The van der Waals surface area contributed by atoms with Crippen LogP contribution < -0.4 is 0 Å². The minimum Gasteiger partial charge on any atom is -0.392 e. The maximum absolute atomic E-state index is 11.3. The smallest absolute Gasteiger partial charge is 0.0667 e. The second kappa shape index (κ2) is 52.1. The molecule has 6 nitrogen and oxygen atoms in total. The molecule has 0 aromatic carbocycles. The fourth-order valence-electron chi connectivity index (χ4n) is 9.82. The van der Waals surface area contributed by atoms with E-state index >= 15 is 0 Å². The van der Waals surface area contributed by atoms with Gasteiger partial charge in [0.2, 0.25) is 0 Å². The summed E-state index contributed by atoms with van der Waals surface area (Å²) in [4.78, 5) is 4.61. The summed E-state index contributed by atoms with van der Waals surface area (Å²) in [5, 5.41) is 45.2. The molecule has 0 saturated carbocycles. The van der Waals surface area contributed by atoms with E-state index in [9.17, 15) is 20.4 Å². The summed E-state index contributed by atoms with van der Waals surface area (Å²) in [6.45, 7) is 12.9. The van der Waals surface area contributed by atoms with Crippen molar-refractivity contribution in [2.24, 2.45) is 0 Å². The van der Waals surface area contributed by atoms with Crippen LogP contribution in [0.5, 0.6) is 0 Å². The average molecular weight is 910 g/mol. The first-order valence-electron chi connectivity index (χ1n) is 29.5. The number of hydrogen-bond donors (Lipinski definition) is 4. The average Bonchev–Trinajstić information content (AvgIpc) is 3.28. The van der Waals surface area contributed by atoms with Crippen LogP contribution in [0, 0.1) is 0 Å². The first-order chi connectivity index (χ1) is 31.4. The Hall–Kier alpha value is -0.240. The van der Waals surface area contributed by atoms with Crippen molar-refractivity contribution in [1.29, 1.82) is 0 Å². The van der Waals surface area contributed by atoms with Crippen LogP contribution in [0.4, 0.5) is 0 Å². The predicted molar refractivity (Wildman–Crippen MR) is 283 cm³/mol. The summed E-state index contributed by atoms with van der Waals surface area (Å²) in [6.07, 6.45) is 53.6. The first kappa shape index (κ1) is 63.8. The molecule has 0 spiro atoms. The van der Waals surface area contributed by atoms with Crippen molar-refractivity contribution in [2.75, 3.05) is 39.3 Å². The molecule has 4 N–H and O–H groups in total. The summed E-state index contributed by atoms with van der Waals surface area (Å²) in [7, 11) is 0. The number of hydrogen-bond acceptors (Lipinski definition) is 6. The summed E-state index contributed by atoms with van der Waals surface area (Å²) in [6, 6.07) is 0. The highest BCUT2D eigenvalue weighted by Gasteiger charge is 2.20. The highest BCUT2D eigenvalue weighted by molar-refractivity contribution is 4.75. The number of aliphatic hydroxyl groups excluding tert-OH is 4. The molecule has 0 heterocycles. The van der Waals surface area contributed by atoms with Gasteiger partial charge in [-0.25, -0.2) is 0 Å². The summed E-state index contributed by atoms with van der Waals surface area (Å²) in [5.74, 6) is 0. The third-order valence-electron chi connectivity index (χ3n) is 14.2. The molecule has 4 unspecified atom stereocenters. The lowest BCUT2D eigenvalue weighted by molar-refractivity contribution is 0.0345. The molecule has 0 aromatic rings. The Labute approximate surface area is 402 Å². The lowest BCUT2D eigenvalue weighted by Crippen LogP contribution is -2.45. The van der Waals surface area contributed by atoms with E-state index in [0.717, 1.165) is 64.5 Å². The van der Waals surface area contributed by atoms with Crippen LogP contribution in [0.1, 0.15) is 310 Å². The quantitative estimate of drug-likeness (QED) is 0.0455. The molecule has 0 amide bonds. The van der Waals surface area contributed by atoms with Gasteiger partial charge in [0.15, 0.2) is 0 Å². The van der Waals surface area contributed by atoms with Gasteiger partial charge in [0.05, 0.1) is 24.4 Å². The van der Waals surface area contributed by atoms with Gasteiger partial charge < -0.3 is 20.4 Å². The molecule has 0 saturated heterocycles. The van der Waals surface area contributed by atoms with Crippen molar-refractivity contribution in [2.45, 2.75) is 335 Å². The number of rotatable bonds is 55. The summed E-state index contributed by atoms with van der Waals surface area (Å²) >= 11 is 0. The van der Waals surface area contributed by atoms with Crippen LogP contribution in [0.25, 0.3) is 0 Å². The van der Waals surface area contributed by atoms with E-state index in [4.69, 9.17) is 0 Å². The third kappa shape index (κ3) is 48.2. The lowest BCUT2D eigenvalue weighted by atomic mass is 10.0. The maximum Gasteiger partial charge on any atom is 0.0667 e. The van der Waals surface area contributed by atoms with E-state index in [2.05, 4.69) is 37.5 Å². The van der Waals surface area contributed by atoms with Gasteiger partial charge in [-0.1, -0.05) is 285 Å². The normalized spacial score (nSPS) is 14.0. The van der Waals surface area contributed by atoms with Crippen molar-refractivity contribution >= 4 is 0 Å². The van der Waals surface area contributed by atoms with Crippen molar-refractivity contribution in [3.05, 3.63) is 0 Å². The largest absolute Gasteiger partial charge is 0.392 e. The minimum atomic E-state index is -0.393. The SMILES string of the molecule is CCCCCCCCCCCCC(O)CN(CCN(CC(O)CCCCCCCCCCCC)CC(O)CCCCCCCCCCCC)CC(O)CCCCCCCCCCCC. The Morgan fingerprint density at radius 3 is 0.516 bits per heavy atom. The molecule has 386 valence electrons. The molecule has 0 fully saturated rings. The van der Waals surface area contributed by atoms with E-state index in [-0.39, 0.29) is 0 Å². The maximum atomic E-state index is 11.3. The van der Waals surface area contributed by atoms with Crippen LogP contribution in [-0.2, 0) is 0 Å². The molecule has 64 heavy (non-hydrogen) atoms. The Morgan fingerprint density at radius 2 is 0.359 bits per heavy atom. The number of aliphatic hydroxyl groups is 4. The molecule has 0 aliphatic rings. The van der Waals surface area contributed by atoms with E-state index in [0.29, 0.717) is 26.2 Å². The molecule has 6 heteroatoms. The van der Waals surface area contributed by atoms with Crippen molar-refractivity contribution < 1.29 is 20.4 Å². The minimum absolute atomic E-state index is 0.393. The van der Waals surface area contributed by atoms with Gasteiger partial charge in [-0.15, -0.1) is 0 Å². The van der Waals surface area contributed by atoms with Gasteiger partial charge in [0.1, 0.15) is 0 Å². The standard InChI is InChI=1S/C58H120N2O4/c1-5-9-13-17-21-25-29-33-37-41-45-55(61)51-59(52-56(62)46-42-38-34-30-26-22-18-14-10-6-2)49-50-60(53-57(63)47-43-39-35-31-27-23-19-15-11-7-3)54-58(64)48-44-40-36-32-28-24-20-16-12-8-4/h55-58,61-64H,5-54H2,1-4H3. The Balaban J connectivity index is 5.24. The second-order valence-electron chi connectivity index (χ2n) is 21.0. The molecule has 0 radical (unpaired) electrons. The summed E-state index contributed by atoms with van der Waals surface area (Å²) < 4.78 is 0. The van der Waals surface area contributed by atoms with Gasteiger partial charge >= 0.3 is 0 Å².